The molecular weight excluding hydrogens is 340 g/mol. The number of nitrogens with one attached hydrogen (secondary N) is 1. The molecule has 1 saturated heterocycles. The van der Waals surface area contributed by atoms with Crippen molar-refractivity contribution >= 4 is 20.0 Å². The van der Waals surface area contributed by atoms with Gasteiger partial charge in [-0.05, 0) is 33.1 Å². The molecule has 0 amide bonds. The van der Waals surface area contributed by atoms with Crippen molar-refractivity contribution in [3.05, 3.63) is 11.4 Å². The van der Waals surface area contributed by atoms with E-state index in [2.05, 4.69) is 10.2 Å². The average Bonchev–Trinajstić information content (AvgIpc) is 3.28. The lowest BCUT2D eigenvalue weighted by atomic mass is 10.4. The number of sulfonamides is 2. The van der Waals surface area contributed by atoms with Crippen molar-refractivity contribution in [2.45, 2.75) is 43.3 Å². The van der Waals surface area contributed by atoms with Crippen LogP contribution in [0.1, 0.15) is 30.7 Å². The van der Waals surface area contributed by atoms with Crippen LogP contribution in [0.2, 0.25) is 0 Å². The molecule has 1 aromatic heterocycles. The predicted octanol–water partition coefficient (Wildman–Crippen LogP) is 0.215. The van der Waals surface area contributed by atoms with Gasteiger partial charge in [0.25, 0.3) is 0 Å². The lowest BCUT2D eigenvalue weighted by Crippen LogP contribution is -2.38. The zero-order chi connectivity index (χ0) is 16.8. The molecule has 0 radical (unpaired) electrons. The Morgan fingerprint density at radius 1 is 1.00 bits per heavy atom. The second-order valence-electron chi connectivity index (χ2n) is 6.16. The molecule has 2 aliphatic rings. The molecule has 1 aliphatic heterocycles. The smallest absolute Gasteiger partial charge is 0.246 e. The van der Waals surface area contributed by atoms with Crippen molar-refractivity contribution in [3.63, 3.8) is 0 Å². The highest BCUT2D eigenvalue weighted by Gasteiger charge is 2.41. The van der Waals surface area contributed by atoms with E-state index in [9.17, 15) is 16.8 Å². The maximum absolute atomic E-state index is 12.8. The molecule has 1 aliphatic carbocycles. The summed E-state index contributed by atoms with van der Waals surface area (Å²) in [6.45, 7) is 4.43. The van der Waals surface area contributed by atoms with Gasteiger partial charge in [-0.25, -0.2) is 21.1 Å². The Bertz CT molecular complexity index is 776. The van der Waals surface area contributed by atoms with Gasteiger partial charge in [0.1, 0.15) is 4.90 Å². The average molecular weight is 362 g/mol. The van der Waals surface area contributed by atoms with Crippen LogP contribution in [0.25, 0.3) is 0 Å². The molecule has 0 spiro atoms. The van der Waals surface area contributed by atoms with Gasteiger partial charge in [-0.15, -0.1) is 0 Å². The highest BCUT2D eigenvalue weighted by molar-refractivity contribution is 7.90. The molecule has 2 fully saturated rings. The minimum absolute atomic E-state index is 0.179. The molecule has 0 atom stereocenters. The predicted molar refractivity (Wildman–Crippen MR) is 85.0 cm³/mol. The van der Waals surface area contributed by atoms with Crippen molar-refractivity contribution in [1.29, 1.82) is 0 Å². The van der Waals surface area contributed by atoms with Gasteiger partial charge in [0.15, 0.2) is 0 Å². The van der Waals surface area contributed by atoms with Crippen LogP contribution in [0.5, 0.6) is 0 Å². The highest BCUT2D eigenvalue weighted by Crippen LogP contribution is 2.32. The Balaban J connectivity index is 1.80. The van der Waals surface area contributed by atoms with Crippen LogP contribution < -0.4 is 0 Å². The van der Waals surface area contributed by atoms with Crippen LogP contribution >= 0.6 is 0 Å². The molecule has 3 rings (SSSR count). The number of rotatable bonds is 4. The number of aryl methyl sites for hydroxylation is 2. The van der Waals surface area contributed by atoms with Gasteiger partial charge in [0, 0.05) is 26.2 Å². The maximum atomic E-state index is 12.8. The molecule has 2 heterocycles. The van der Waals surface area contributed by atoms with E-state index in [0.29, 0.717) is 43.7 Å². The first kappa shape index (κ1) is 16.9. The Morgan fingerprint density at radius 3 is 2.17 bits per heavy atom. The normalized spacial score (nSPS) is 22.2. The Kier molecular flexibility index (Phi) is 4.28. The van der Waals surface area contributed by atoms with Gasteiger partial charge in [-0.1, -0.05) is 0 Å². The Morgan fingerprint density at radius 2 is 1.61 bits per heavy atom. The number of hydrogen-bond acceptors (Lipinski definition) is 5. The molecule has 1 aromatic rings. The van der Waals surface area contributed by atoms with E-state index in [1.54, 1.807) is 13.8 Å². The van der Waals surface area contributed by atoms with E-state index < -0.39 is 20.0 Å². The fourth-order valence-corrected chi connectivity index (χ4v) is 6.67. The molecule has 1 saturated carbocycles. The van der Waals surface area contributed by atoms with Crippen molar-refractivity contribution in [2.75, 3.05) is 26.2 Å². The lowest BCUT2D eigenvalue weighted by molar-refractivity contribution is 0.404. The summed E-state index contributed by atoms with van der Waals surface area (Å²) < 4.78 is 53.2. The largest absolute Gasteiger partial charge is 0.281 e. The van der Waals surface area contributed by atoms with E-state index in [-0.39, 0.29) is 23.2 Å². The third-order valence-electron chi connectivity index (χ3n) is 4.38. The monoisotopic (exact) mass is 362 g/mol. The Hall–Kier alpha value is -0.970. The molecule has 130 valence electrons. The number of aromatic nitrogens is 2. The van der Waals surface area contributed by atoms with E-state index in [1.807, 2.05) is 0 Å². The van der Waals surface area contributed by atoms with Gasteiger partial charge in [0.05, 0.1) is 16.6 Å². The topological polar surface area (TPSA) is 103 Å². The number of hydrogen-bond donors (Lipinski definition) is 1. The van der Waals surface area contributed by atoms with Crippen LogP contribution in [0.4, 0.5) is 0 Å². The van der Waals surface area contributed by atoms with Crippen molar-refractivity contribution in [1.82, 2.24) is 18.8 Å². The summed E-state index contributed by atoms with van der Waals surface area (Å²) in [6.07, 6.45) is 1.93. The van der Waals surface area contributed by atoms with Crippen LogP contribution in [-0.4, -0.2) is 67.1 Å². The molecule has 0 bridgehead atoms. The minimum Gasteiger partial charge on any atom is -0.281 e. The van der Waals surface area contributed by atoms with Gasteiger partial charge in [0.2, 0.25) is 20.0 Å². The summed E-state index contributed by atoms with van der Waals surface area (Å²) in [5.74, 6) is 0. The number of H-pyrrole nitrogens is 1. The molecule has 8 nitrogen and oxygen atoms in total. The molecule has 1 N–H and O–H groups in total. The SMILES string of the molecule is Cc1n[nH]c(C)c1S(=O)(=O)N1CCCN(S(=O)(=O)C2CC2)CC1. The fourth-order valence-electron chi connectivity index (χ4n) is 2.99. The second kappa shape index (κ2) is 5.83. The standard InChI is InChI=1S/C13H22N4O4S2/c1-10-13(11(2)15-14-10)23(20,21)17-7-3-6-16(8-9-17)22(18,19)12-4-5-12/h12H,3-9H2,1-2H3,(H,14,15). The summed E-state index contributed by atoms with van der Waals surface area (Å²) in [4.78, 5) is 0.205. The maximum Gasteiger partial charge on any atom is 0.246 e. The first-order valence-corrected chi connectivity index (χ1v) is 10.7. The summed E-state index contributed by atoms with van der Waals surface area (Å²) in [5.41, 5.74) is 0.948. The summed E-state index contributed by atoms with van der Waals surface area (Å²) in [7, 11) is -6.92. The van der Waals surface area contributed by atoms with Gasteiger partial charge >= 0.3 is 0 Å². The van der Waals surface area contributed by atoms with Crippen LogP contribution in [-0.2, 0) is 20.0 Å². The molecular formula is C13H22N4O4S2. The number of aromatic amines is 1. The lowest BCUT2D eigenvalue weighted by Gasteiger charge is -2.21. The highest BCUT2D eigenvalue weighted by atomic mass is 32.2. The van der Waals surface area contributed by atoms with Crippen LogP contribution in [0.15, 0.2) is 4.90 Å². The molecule has 0 aromatic carbocycles. The number of nitrogens with zero attached hydrogens (tertiary/aromatic N) is 3. The third kappa shape index (κ3) is 3.04. The van der Waals surface area contributed by atoms with Crippen LogP contribution in [0, 0.1) is 13.8 Å². The first-order chi connectivity index (χ1) is 10.7. The van der Waals surface area contributed by atoms with Crippen molar-refractivity contribution < 1.29 is 16.8 Å². The molecule has 10 heteroatoms. The third-order valence-corrected chi connectivity index (χ3v) is 8.94. The Labute approximate surface area is 137 Å². The molecule has 23 heavy (non-hydrogen) atoms. The second-order valence-corrected chi connectivity index (χ2v) is 10.3. The van der Waals surface area contributed by atoms with Crippen molar-refractivity contribution in [2.24, 2.45) is 0 Å². The quantitative estimate of drug-likeness (QED) is 0.825. The van der Waals surface area contributed by atoms with Crippen molar-refractivity contribution in [3.8, 4) is 0 Å². The fraction of sp³-hybridized carbons (Fsp3) is 0.769. The zero-order valence-electron chi connectivity index (χ0n) is 13.3. The van der Waals surface area contributed by atoms with E-state index in [1.165, 1.54) is 8.61 Å². The van der Waals surface area contributed by atoms with Gasteiger partial charge < -0.3 is 0 Å². The minimum atomic E-state index is -3.66. The van der Waals surface area contributed by atoms with Crippen LogP contribution in [0.3, 0.4) is 0 Å². The molecule has 0 unspecified atom stereocenters. The first-order valence-electron chi connectivity index (χ1n) is 7.75. The van der Waals surface area contributed by atoms with Gasteiger partial charge in [-0.2, -0.15) is 9.40 Å². The summed E-state index contributed by atoms with van der Waals surface area (Å²) >= 11 is 0. The van der Waals surface area contributed by atoms with E-state index in [4.69, 9.17) is 0 Å². The van der Waals surface area contributed by atoms with Gasteiger partial charge in [-0.3, -0.25) is 5.10 Å². The summed E-state index contributed by atoms with van der Waals surface area (Å²) in [6, 6.07) is 0. The van der Waals surface area contributed by atoms with E-state index in [0.717, 1.165) is 0 Å². The zero-order valence-corrected chi connectivity index (χ0v) is 15.0. The van der Waals surface area contributed by atoms with E-state index >= 15 is 0 Å². The summed E-state index contributed by atoms with van der Waals surface area (Å²) in [5, 5.41) is 6.38.